The Morgan fingerprint density at radius 2 is 1.21 bits per heavy atom. The number of halogens is 2. The van der Waals surface area contributed by atoms with Crippen molar-refractivity contribution in [2.24, 2.45) is 0 Å². The SMILES string of the molecule is O=c1c(Br)c(Br)c(OC2CCCCC2)nn1Cc1ccc(-c2ccccc2-c2nnnn2C(c2ccccc2)(c2ccccc2)c2ccccc2)cc1. The molecule has 1 fully saturated rings. The summed E-state index contributed by atoms with van der Waals surface area (Å²) in [6.07, 6.45) is 5.59. The smallest absolute Gasteiger partial charge is 0.282 e. The fraction of sp³-hybridized carbons (Fsp3) is 0.186. The highest BCUT2D eigenvalue weighted by Gasteiger charge is 2.42. The summed E-state index contributed by atoms with van der Waals surface area (Å²) in [6.45, 7) is 0.291. The van der Waals surface area contributed by atoms with E-state index in [9.17, 15) is 4.79 Å². The number of rotatable bonds is 10. The van der Waals surface area contributed by atoms with Crippen LogP contribution >= 0.6 is 31.9 Å². The van der Waals surface area contributed by atoms with Gasteiger partial charge in [0.25, 0.3) is 5.56 Å². The summed E-state index contributed by atoms with van der Waals surface area (Å²) >= 11 is 7.00. The first kappa shape index (κ1) is 34.9. The van der Waals surface area contributed by atoms with Crippen LogP contribution in [0.3, 0.4) is 0 Å². The summed E-state index contributed by atoms with van der Waals surface area (Å²) in [5, 5.41) is 18.4. The first-order valence-electron chi connectivity index (χ1n) is 17.8. The van der Waals surface area contributed by atoms with E-state index in [1.54, 1.807) is 0 Å². The van der Waals surface area contributed by atoms with E-state index in [1.165, 1.54) is 11.1 Å². The van der Waals surface area contributed by atoms with Crippen LogP contribution in [-0.2, 0) is 12.1 Å². The molecule has 0 amide bonds. The van der Waals surface area contributed by atoms with Crippen LogP contribution in [0.1, 0.15) is 54.4 Å². The van der Waals surface area contributed by atoms with Crippen LogP contribution in [0.4, 0.5) is 0 Å². The van der Waals surface area contributed by atoms with Gasteiger partial charge in [0.2, 0.25) is 5.88 Å². The molecule has 264 valence electrons. The fourth-order valence-electron chi connectivity index (χ4n) is 7.40. The summed E-state index contributed by atoms with van der Waals surface area (Å²) in [4.78, 5) is 13.3. The van der Waals surface area contributed by atoms with Crippen LogP contribution in [0.2, 0.25) is 0 Å². The van der Waals surface area contributed by atoms with Crippen LogP contribution < -0.4 is 10.3 Å². The number of ether oxygens (including phenoxy) is 1. The molecule has 0 radical (unpaired) electrons. The van der Waals surface area contributed by atoms with Crippen LogP contribution in [0, 0.1) is 0 Å². The highest BCUT2D eigenvalue weighted by Crippen LogP contribution is 2.43. The number of nitrogens with zero attached hydrogens (tertiary/aromatic N) is 6. The molecule has 0 N–H and O–H groups in total. The molecule has 10 heteroatoms. The average Bonchev–Trinajstić information content (AvgIpc) is 3.71. The third kappa shape index (κ3) is 6.77. The Morgan fingerprint density at radius 1 is 0.660 bits per heavy atom. The van der Waals surface area contributed by atoms with E-state index < -0.39 is 5.54 Å². The zero-order chi connectivity index (χ0) is 36.2. The van der Waals surface area contributed by atoms with Crippen LogP contribution in [0.15, 0.2) is 153 Å². The van der Waals surface area contributed by atoms with Crippen molar-refractivity contribution in [3.05, 3.63) is 181 Å². The molecule has 1 aliphatic carbocycles. The predicted octanol–water partition coefficient (Wildman–Crippen LogP) is 9.69. The lowest BCUT2D eigenvalue weighted by Gasteiger charge is -2.36. The summed E-state index contributed by atoms with van der Waals surface area (Å²) < 4.78 is 10.6. The zero-order valence-corrected chi connectivity index (χ0v) is 32.0. The Balaban J connectivity index is 1.18. The van der Waals surface area contributed by atoms with Gasteiger partial charge in [0.1, 0.15) is 20.6 Å². The van der Waals surface area contributed by atoms with Crippen LogP contribution in [-0.4, -0.2) is 36.1 Å². The minimum absolute atomic E-state index is 0.101. The largest absolute Gasteiger partial charge is 0.473 e. The van der Waals surface area contributed by atoms with E-state index in [2.05, 4.69) is 139 Å². The highest BCUT2D eigenvalue weighted by atomic mass is 79.9. The normalized spacial score (nSPS) is 13.5. The van der Waals surface area contributed by atoms with Crippen molar-refractivity contribution in [3.63, 3.8) is 0 Å². The predicted molar refractivity (Wildman–Crippen MR) is 214 cm³/mol. The van der Waals surface area contributed by atoms with Gasteiger partial charge in [-0.1, -0.05) is 146 Å². The molecule has 5 aromatic carbocycles. The third-order valence-corrected chi connectivity index (χ3v) is 12.0. The van der Waals surface area contributed by atoms with Gasteiger partial charge in [-0.05, 0) is 101 Å². The molecule has 0 aliphatic heterocycles. The van der Waals surface area contributed by atoms with Gasteiger partial charge in [0.15, 0.2) is 5.82 Å². The summed E-state index contributed by atoms with van der Waals surface area (Å²) in [6, 6.07) is 47.6. The maximum atomic E-state index is 13.3. The molecule has 1 aliphatic rings. The maximum absolute atomic E-state index is 13.3. The Kier molecular flexibility index (Phi) is 10.1. The van der Waals surface area contributed by atoms with E-state index in [1.807, 2.05) is 47.1 Å². The molecule has 2 aromatic heterocycles. The standard InChI is InChI=1S/C43H36Br2N6O2/c44-38-39(45)42(52)50(47-41(38)53-35-21-11-4-12-22-35)29-30-25-27-31(28-26-30)36-23-13-14-24-37(36)40-46-48-49-51(40)43(32-15-5-1-6-16-32,33-17-7-2-8-18-33)34-19-9-3-10-20-34/h1-3,5-10,13-20,23-28,35H,4,11-12,21-22,29H2. The molecule has 8 nitrogen and oxygen atoms in total. The molecule has 8 rings (SSSR count). The van der Waals surface area contributed by atoms with Crippen LogP contribution in [0.5, 0.6) is 5.88 Å². The van der Waals surface area contributed by atoms with Crippen molar-refractivity contribution in [2.75, 3.05) is 0 Å². The van der Waals surface area contributed by atoms with E-state index in [0.717, 1.165) is 64.6 Å². The van der Waals surface area contributed by atoms with Gasteiger partial charge in [-0.15, -0.1) is 10.2 Å². The molecule has 2 heterocycles. The first-order valence-corrected chi connectivity index (χ1v) is 19.4. The number of benzene rings is 5. The molecule has 0 atom stereocenters. The number of tetrazole rings is 1. The lowest BCUT2D eigenvalue weighted by atomic mass is 9.77. The van der Waals surface area contributed by atoms with Gasteiger partial charge in [-0.2, -0.15) is 0 Å². The average molecular weight is 829 g/mol. The van der Waals surface area contributed by atoms with E-state index in [4.69, 9.17) is 15.0 Å². The van der Waals surface area contributed by atoms with E-state index in [0.29, 0.717) is 27.2 Å². The number of aromatic nitrogens is 6. The quantitative estimate of drug-likeness (QED) is 0.128. The van der Waals surface area contributed by atoms with Crippen molar-refractivity contribution in [2.45, 2.75) is 50.3 Å². The second kappa shape index (κ2) is 15.4. The Morgan fingerprint density at radius 3 is 1.79 bits per heavy atom. The summed E-state index contributed by atoms with van der Waals surface area (Å²) in [5.41, 5.74) is 5.77. The Hall–Kier alpha value is -5.19. The fourth-order valence-corrected chi connectivity index (χ4v) is 8.12. The first-order chi connectivity index (χ1) is 26.0. The molecular formula is C43H36Br2N6O2. The molecule has 0 spiro atoms. The second-order valence-corrected chi connectivity index (χ2v) is 14.8. The van der Waals surface area contributed by atoms with Gasteiger partial charge in [-0.25, -0.2) is 9.36 Å². The lowest BCUT2D eigenvalue weighted by Crippen LogP contribution is -2.39. The summed E-state index contributed by atoms with van der Waals surface area (Å²) in [7, 11) is 0. The van der Waals surface area contributed by atoms with Gasteiger partial charge in [-0.3, -0.25) is 4.79 Å². The van der Waals surface area contributed by atoms with Gasteiger partial charge < -0.3 is 4.74 Å². The molecule has 0 saturated heterocycles. The van der Waals surface area contributed by atoms with Crippen molar-refractivity contribution >= 4 is 31.9 Å². The van der Waals surface area contributed by atoms with Crippen LogP contribution in [0.25, 0.3) is 22.5 Å². The monoisotopic (exact) mass is 826 g/mol. The molecule has 0 bridgehead atoms. The Bertz CT molecular complexity index is 2280. The van der Waals surface area contributed by atoms with Crippen molar-refractivity contribution in [3.8, 4) is 28.4 Å². The lowest BCUT2D eigenvalue weighted by molar-refractivity contribution is 0.143. The molecule has 1 saturated carbocycles. The molecule has 7 aromatic rings. The maximum Gasteiger partial charge on any atom is 0.282 e. The van der Waals surface area contributed by atoms with Gasteiger partial charge >= 0.3 is 0 Å². The van der Waals surface area contributed by atoms with Gasteiger partial charge in [0, 0.05) is 5.56 Å². The molecular weight excluding hydrogens is 792 g/mol. The molecule has 53 heavy (non-hydrogen) atoms. The van der Waals surface area contributed by atoms with E-state index in [-0.39, 0.29) is 11.7 Å². The van der Waals surface area contributed by atoms with Crippen molar-refractivity contribution in [1.82, 2.24) is 30.0 Å². The third-order valence-electron chi connectivity index (χ3n) is 9.97. The van der Waals surface area contributed by atoms with Crippen molar-refractivity contribution in [1.29, 1.82) is 0 Å². The topological polar surface area (TPSA) is 87.7 Å². The van der Waals surface area contributed by atoms with Crippen molar-refractivity contribution < 1.29 is 4.74 Å². The zero-order valence-electron chi connectivity index (χ0n) is 28.9. The Labute approximate surface area is 324 Å². The van der Waals surface area contributed by atoms with E-state index >= 15 is 0 Å². The second-order valence-electron chi connectivity index (χ2n) is 13.2. The minimum atomic E-state index is -0.877. The number of hydrogen-bond donors (Lipinski definition) is 0. The highest BCUT2D eigenvalue weighted by molar-refractivity contribution is 9.13. The minimum Gasteiger partial charge on any atom is -0.473 e. The molecule has 0 unspecified atom stereocenters. The number of hydrogen-bond acceptors (Lipinski definition) is 6. The van der Waals surface area contributed by atoms with Gasteiger partial charge in [0.05, 0.1) is 6.54 Å². The summed E-state index contributed by atoms with van der Waals surface area (Å²) in [5.74, 6) is 1.06.